The molecule has 1 saturated carbocycles. The summed E-state index contributed by atoms with van der Waals surface area (Å²) in [6.45, 7) is 1.97. The number of aliphatic hydroxyl groups is 1. The van der Waals surface area contributed by atoms with Gasteiger partial charge in [-0.15, -0.1) is 0 Å². The van der Waals surface area contributed by atoms with Crippen LogP contribution in [0.25, 0.3) is 0 Å². The second-order valence-corrected chi connectivity index (χ2v) is 6.03. The summed E-state index contributed by atoms with van der Waals surface area (Å²) in [6.07, 6.45) is 7.39. The number of aliphatic hydroxyl groups excluding tert-OH is 1. The molecule has 1 heteroatoms. The first-order valence-corrected chi connectivity index (χ1v) is 6.97. The minimum atomic E-state index is -0.128. The quantitative estimate of drug-likeness (QED) is 0.840. The van der Waals surface area contributed by atoms with E-state index in [9.17, 15) is 5.11 Å². The topological polar surface area (TPSA) is 20.2 Å². The van der Waals surface area contributed by atoms with Crippen LogP contribution in [0.3, 0.4) is 0 Å². The molecule has 0 aromatic heterocycles. The van der Waals surface area contributed by atoms with Crippen LogP contribution in [0.5, 0.6) is 0 Å². The van der Waals surface area contributed by atoms with Gasteiger partial charge < -0.3 is 5.11 Å². The number of hydrogen-bond acceptors (Lipinski definition) is 1. The second-order valence-electron chi connectivity index (χ2n) is 6.03. The highest BCUT2D eigenvalue weighted by molar-refractivity contribution is 5.33. The van der Waals surface area contributed by atoms with Gasteiger partial charge in [0.25, 0.3) is 0 Å². The van der Waals surface area contributed by atoms with Crippen molar-refractivity contribution in [2.24, 2.45) is 5.41 Å². The van der Waals surface area contributed by atoms with Crippen LogP contribution in [0.15, 0.2) is 24.3 Å². The van der Waals surface area contributed by atoms with E-state index in [4.69, 9.17) is 0 Å². The molecule has 1 aromatic rings. The summed E-state index contributed by atoms with van der Waals surface area (Å²) in [4.78, 5) is 0. The molecule has 0 aliphatic heterocycles. The first kappa shape index (κ1) is 11.3. The maximum atomic E-state index is 9.92. The van der Waals surface area contributed by atoms with Gasteiger partial charge in [-0.2, -0.15) is 0 Å². The molecule has 2 aliphatic carbocycles. The smallest absolute Gasteiger partial charge is 0.0568 e. The van der Waals surface area contributed by atoms with Crippen LogP contribution in [0.1, 0.15) is 56.1 Å². The minimum absolute atomic E-state index is 0.128. The maximum absolute atomic E-state index is 9.92. The fraction of sp³-hybridized carbons (Fsp3) is 0.625. The fourth-order valence-electron chi connectivity index (χ4n) is 3.51. The van der Waals surface area contributed by atoms with Crippen LogP contribution in [0.2, 0.25) is 0 Å². The van der Waals surface area contributed by atoms with E-state index in [1.165, 1.54) is 38.5 Å². The van der Waals surface area contributed by atoms with Crippen LogP contribution in [-0.4, -0.2) is 11.2 Å². The maximum Gasteiger partial charge on any atom is 0.0568 e. The van der Waals surface area contributed by atoms with Crippen molar-refractivity contribution in [1.29, 1.82) is 0 Å². The predicted molar refractivity (Wildman–Crippen MR) is 70.1 cm³/mol. The van der Waals surface area contributed by atoms with Crippen LogP contribution in [0, 0.1) is 5.41 Å². The second kappa shape index (κ2) is 4.13. The van der Waals surface area contributed by atoms with Gasteiger partial charge in [-0.05, 0) is 67.9 Å². The molecule has 2 aliphatic rings. The number of benzene rings is 1. The van der Waals surface area contributed by atoms with Crippen LogP contribution in [0.4, 0.5) is 0 Å². The molecule has 3 rings (SSSR count). The molecule has 0 bridgehead atoms. The lowest BCUT2D eigenvalue weighted by Gasteiger charge is -2.30. The van der Waals surface area contributed by atoms with E-state index < -0.39 is 0 Å². The van der Waals surface area contributed by atoms with Gasteiger partial charge >= 0.3 is 0 Å². The molecule has 0 spiro atoms. The predicted octanol–water partition coefficient (Wildman–Crippen LogP) is 3.66. The lowest BCUT2D eigenvalue weighted by atomic mass is 9.76. The Bertz CT molecular complexity index is 404. The summed E-state index contributed by atoms with van der Waals surface area (Å²) in [5.74, 6) is 0.692. The SMILES string of the molecule is CC(O)C1(CC2CCCc3ccccc32)CC1. The van der Waals surface area contributed by atoms with Crippen molar-refractivity contribution in [3.63, 3.8) is 0 Å². The molecule has 1 N–H and O–H groups in total. The number of fused-ring (bicyclic) bond motifs is 1. The molecule has 1 nitrogen and oxygen atoms in total. The fourth-order valence-corrected chi connectivity index (χ4v) is 3.51. The molecule has 1 aromatic carbocycles. The highest BCUT2D eigenvalue weighted by Crippen LogP contribution is 2.56. The van der Waals surface area contributed by atoms with Gasteiger partial charge in [0.05, 0.1) is 6.10 Å². The summed E-state index contributed by atoms with van der Waals surface area (Å²) in [6, 6.07) is 8.91. The molecule has 92 valence electrons. The van der Waals surface area contributed by atoms with Crippen molar-refractivity contribution in [1.82, 2.24) is 0 Å². The van der Waals surface area contributed by atoms with E-state index in [1.807, 2.05) is 6.92 Å². The molecule has 0 radical (unpaired) electrons. The van der Waals surface area contributed by atoms with Gasteiger partial charge in [-0.3, -0.25) is 0 Å². The highest BCUT2D eigenvalue weighted by Gasteiger charge is 2.48. The Morgan fingerprint density at radius 3 is 2.82 bits per heavy atom. The van der Waals surface area contributed by atoms with Crippen LogP contribution >= 0.6 is 0 Å². The van der Waals surface area contributed by atoms with Gasteiger partial charge in [0.2, 0.25) is 0 Å². The molecule has 0 saturated heterocycles. The Morgan fingerprint density at radius 1 is 1.35 bits per heavy atom. The van der Waals surface area contributed by atoms with E-state index in [1.54, 1.807) is 11.1 Å². The van der Waals surface area contributed by atoms with Crippen LogP contribution in [-0.2, 0) is 6.42 Å². The van der Waals surface area contributed by atoms with E-state index in [0.29, 0.717) is 5.92 Å². The van der Waals surface area contributed by atoms with Gasteiger partial charge in [-0.25, -0.2) is 0 Å². The summed E-state index contributed by atoms with van der Waals surface area (Å²) in [5.41, 5.74) is 3.37. The molecule has 0 amide bonds. The molecule has 0 heterocycles. The minimum Gasteiger partial charge on any atom is -0.393 e. The Morgan fingerprint density at radius 2 is 2.12 bits per heavy atom. The summed E-state index contributed by atoms with van der Waals surface area (Å²) < 4.78 is 0. The molecular formula is C16H22O. The monoisotopic (exact) mass is 230 g/mol. The summed E-state index contributed by atoms with van der Waals surface area (Å²) >= 11 is 0. The van der Waals surface area contributed by atoms with Crippen molar-refractivity contribution < 1.29 is 5.11 Å². The molecule has 2 unspecified atom stereocenters. The van der Waals surface area contributed by atoms with Crippen molar-refractivity contribution >= 4 is 0 Å². The first-order valence-electron chi connectivity index (χ1n) is 6.97. The zero-order valence-corrected chi connectivity index (χ0v) is 10.7. The Hall–Kier alpha value is -0.820. The van der Waals surface area contributed by atoms with Gasteiger partial charge in [0.15, 0.2) is 0 Å². The molecular weight excluding hydrogens is 208 g/mol. The standard InChI is InChI=1S/C16H22O/c1-12(17)16(9-10-16)11-14-7-4-6-13-5-2-3-8-15(13)14/h2-3,5,8,12,14,17H,4,6-7,9-11H2,1H3. The average molecular weight is 230 g/mol. The first-order chi connectivity index (χ1) is 8.21. The Kier molecular flexibility index (Phi) is 2.74. The zero-order valence-electron chi connectivity index (χ0n) is 10.7. The van der Waals surface area contributed by atoms with Gasteiger partial charge in [-0.1, -0.05) is 24.3 Å². The van der Waals surface area contributed by atoms with Crippen molar-refractivity contribution in [3.05, 3.63) is 35.4 Å². The van der Waals surface area contributed by atoms with E-state index >= 15 is 0 Å². The number of aryl methyl sites for hydroxylation is 1. The third-order valence-electron chi connectivity index (χ3n) is 4.93. The van der Waals surface area contributed by atoms with Gasteiger partial charge in [0, 0.05) is 0 Å². The average Bonchev–Trinajstić information content (AvgIpc) is 3.11. The largest absolute Gasteiger partial charge is 0.393 e. The third-order valence-corrected chi connectivity index (χ3v) is 4.93. The summed E-state index contributed by atoms with van der Waals surface area (Å²) in [5, 5.41) is 9.92. The third kappa shape index (κ3) is 2.01. The normalized spacial score (nSPS) is 27.3. The Labute approximate surface area is 104 Å². The Balaban J connectivity index is 1.82. The lowest BCUT2D eigenvalue weighted by Crippen LogP contribution is -2.22. The van der Waals surface area contributed by atoms with Crippen LogP contribution < -0.4 is 0 Å². The van der Waals surface area contributed by atoms with Crippen molar-refractivity contribution in [3.8, 4) is 0 Å². The van der Waals surface area contributed by atoms with Crippen molar-refractivity contribution in [2.45, 2.75) is 57.5 Å². The number of rotatable bonds is 3. The highest BCUT2D eigenvalue weighted by atomic mass is 16.3. The van der Waals surface area contributed by atoms with Gasteiger partial charge in [0.1, 0.15) is 0 Å². The van der Waals surface area contributed by atoms with Crippen molar-refractivity contribution in [2.75, 3.05) is 0 Å². The van der Waals surface area contributed by atoms with E-state index in [0.717, 1.165) is 0 Å². The molecule has 17 heavy (non-hydrogen) atoms. The van der Waals surface area contributed by atoms with E-state index in [-0.39, 0.29) is 11.5 Å². The number of hydrogen-bond donors (Lipinski definition) is 1. The van der Waals surface area contributed by atoms with E-state index in [2.05, 4.69) is 24.3 Å². The lowest BCUT2D eigenvalue weighted by molar-refractivity contribution is 0.0977. The molecule has 2 atom stereocenters. The zero-order chi connectivity index (χ0) is 11.9. The molecule has 1 fully saturated rings. The summed E-state index contributed by atoms with van der Waals surface area (Å²) in [7, 11) is 0.